The molecule has 1 nitrogen and oxygen atoms in total. The molecule has 1 rings (SSSR count). The standard InChI is InChI=1S/C9H13N/c1-7-3-4-8(2)6-9(10)5-7/h3-6,9H,10H2,1-2H3. The SMILES string of the molecule is CC1=CC(N)C=C(C)C=C1. The Balaban J connectivity index is 2.87. The number of allylic oxidation sites excluding steroid dienone is 4. The Bertz CT molecular complexity index is 187. The van der Waals surface area contributed by atoms with E-state index in [-0.39, 0.29) is 6.04 Å². The van der Waals surface area contributed by atoms with E-state index < -0.39 is 0 Å². The molecule has 0 heterocycles. The Morgan fingerprint density at radius 1 is 1.10 bits per heavy atom. The molecule has 0 bridgehead atoms. The van der Waals surface area contributed by atoms with Gasteiger partial charge in [-0.1, -0.05) is 35.5 Å². The van der Waals surface area contributed by atoms with Crippen LogP contribution in [-0.2, 0) is 0 Å². The fraction of sp³-hybridized carbons (Fsp3) is 0.333. The topological polar surface area (TPSA) is 26.0 Å². The molecule has 1 aliphatic carbocycles. The van der Waals surface area contributed by atoms with Crippen molar-refractivity contribution in [3.05, 3.63) is 35.5 Å². The monoisotopic (exact) mass is 135 g/mol. The Kier molecular flexibility index (Phi) is 2.07. The van der Waals surface area contributed by atoms with Crippen molar-refractivity contribution in [2.24, 2.45) is 5.73 Å². The Hall–Kier alpha value is -0.820. The predicted molar refractivity (Wildman–Crippen MR) is 44.6 cm³/mol. The molecule has 0 spiro atoms. The molecule has 0 amide bonds. The molecule has 0 saturated heterocycles. The van der Waals surface area contributed by atoms with Crippen LogP contribution in [0.1, 0.15) is 13.8 Å². The molecule has 0 aliphatic heterocycles. The third kappa shape index (κ3) is 1.85. The molecule has 0 atom stereocenters. The van der Waals surface area contributed by atoms with Crippen molar-refractivity contribution in [1.29, 1.82) is 0 Å². The molecule has 0 aromatic rings. The maximum absolute atomic E-state index is 5.72. The third-order valence-corrected chi connectivity index (χ3v) is 1.52. The van der Waals surface area contributed by atoms with Crippen molar-refractivity contribution >= 4 is 0 Å². The van der Waals surface area contributed by atoms with E-state index in [0.717, 1.165) is 0 Å². The summed E-state index contributed by atoms with van der Waals surface area (Å²) in [6.07, 6.45) is 8.26. The van der Waals surface area contributed by atoms with Crippen LogP contribution in [0.25, 0.3) is 0 Å². The van der Waals surface area contributed by atoms with Gasteiger partial charge in [0, 0.05) is 6.04 Å². The van der Waals surface area contributed by atoms with Gasteiger partial charge < -0.3 is 5.73 Å². The van der Waals surface area contributed by atoms with Crippen LogP contribution < -0.4 is 5.73 Å². The summed E-state index contributed by atoms with van der Waals surface area (Å²) in [5, 5.41) is 0. The fourth-order valence-electron chi connectivity index (χ4n) is 1.03. The summed E-state index contributed by atoms with van der Waals surface area (Å²) < 4.78 is 0. The second-order valence-corrected chi connectivity index (χ2v) is 2.73. The molecule has 0 radical (unpaired) electrons. The second kappa shape index (κ2) is 2.84. The van der Waals surface area contributed by atoms with Gasteiger partial charge in [-0.3, -0.25) is 0 Å². The van der Waals surface area contributed by atoms with E-state index in [9.17, 15) is 0 Å². The lowest BCUT2D eigenvalue weighted by molar-refractivity contribution is 1.01. The first kappa shape index (κ1) is 7.29. The number of nitrogens with two attached hydrogens (primary N) is 1. The van der Waals surface area contributed by atoms with Gasteiger partial charge in [-0.25, -0.2) is 0 Å². The van der Waals surface area contributed by atoms with Crippen LogP contribution in [0.4, 0.5) is 0 Å². The van der Waals surface area contributed by atoms with Crippen LogP contribution in [0.2, 0.25) is 0 Å². The van der Waals surface area contributed by atoms with Crippen LogP contribution >= 0.6 is 0 Å². The average molecular weight is 135 g/mol. The van der Waals surface area contributed by atoms with Crippen molar-refractivity contribution in [3.63, 3.8) is 0 Å². The van der Waals surface area contributed by atoms with Crippen LogP contribution in [0, 0.1) is 0 Å². The van der Waals surface area contributed by atoms with Crippen LogP contribution in [0.5, 0.6) is 0 Å². The van der Waals surface area contributed by atoms with Gasteiger partial charge in [0.2, 0.25) is 0 Å². The first-order valence-corrected chi connectivity index (χ1v) is 3.49. The van der Waals surface area contributed by atoms with Crippen molar-refractivity contribution in [1.82, 2.24) is 0 Å². The van der Waals surface area contributed by atoms with Crippen LogP contribution in [0.3, 0.4) is 0 Å². The molecule has 0 unspecified atom stereocenters. The first-order chi connectivity index (χ1) is 4.68. The predicted octanol–water partition coefficient (Wildman–Crippen LogP) is 1.78. The lowest BCUT2D eigenvalue weighted by Gasteiger charge is -1.97. The average Bonchev–Trinajstić information content (AvgIpc) is 1.93. The van der Waals surface area contributed by atoms with Crippen molar-refractivity contribution in [2.75, 3.05) is 0 Å². The minimum absolute atomic E-state index is 0.0926. The zero-order valence-electron chi connectivity index (χ0n) is 6.46. The van der Waals surface area contributed by atoms with Crippen molar-refractivity contribution < 1.29 is 0 Å². The molecule has 0 saturated carbocycles. The van der Waals surface area contributed by atoms with Crippen molar-refractivity contribution in [2.45, 2.75) is 19.9 Å². The summed E-state index contributed by atoms with van der Waals surface area (Å²) in [4.78, 5) is 0. The molecule has 0 aromatic heterocycles. The highest BCUT2D eigenvalue weighted by Crippen LogP contribution is 2.07. The van der Waals surface area contributed by atoms with Gasteiger partial charge in [-0.05, 0) is 13.8 Å². The minimum Gasteiger partial charge on any atom is -0.321 e. The molecule has 1 heteroatoms. The highest BCUT2D eigenvalue weighted by Gasteiger charge is 1.96. The van der Waals surface area contributed by atoms with E-state index in [0.29, 0.717) is 0 Å². The number of hydrogen-bond acceptors (Lipinski definition) is 1. The van der Waals surface area contributed by atoms with Crippen LogP contribution in [0.15, 0.2) is 35.5 Å². The smallest absolute Gasteiger partial charge is 0.0421 e. The van der Waals surface area contributed by atoms with Gasteiger partial charge in [0.15, 0.2) is 0 Å². The van der Waals surface area contributed by atoms with Gasteiger partial charge in [0.05, 0.1) is 0 Å². The largest absolute Gasteiger partial charge is 0.321 e. The fourth-order valence-corrected chi connectivity index (χ4v) is 1.03. The summed E-state index contributed by atoms with van der Waals surface area (Å²) in [7, 11) is 0. The third-order valence-electron chi connectivity index (χ3n) is 1.52. The minimum atomic E-state index is 0.0926. The lowest BCUT2D eigenvalue weighted by atomic mass is 10.2. The van der Waals surface area contributed by atoms with E-state index >= 15 is 0 Å². The van der Waals surface area contributed by atoms with E-state index in [1.54, 1.807) is 0 Å². The highest BCUT2D eigenvalue weighted by atomic mass is 14.6. The summed E-state index contributed by atoms with van der Waals surface area (Å²) in [6.45, 7) is 4.12. The summed E-state index contributed by atoms with van der Waals surface area (Å²) in [5.41, 5.74) is 8.20. The van der Waals surface area contributed by atoms with E-state index in [4.69, 9.17) is 5.73 Å². The zero-order valence-corrected chi connectivity index (χ0v) is 6.46. The maximum atomic E-state index is 5.72. The molecule has 54 valence electrons. The van der Waals surface area contributed by atoms with Gasteiger partial charge in [-0.2, -0.15) is 0 Å². The Morgan fingerprint density at radius 2 is 1.50 bits per heavy atom. The van der Waals surface area contributed by atoms with Crippen molar-refractivity contribution in [3.8, 4) is 0 Å². The van der Waals surface area contributed by atoms with E-state index in [2.05, 4.69) is 26.0 Å². The Labute approximate surface area is 61.9 Å². The zero-order chi connectivity index (χ0) is 7.56. The number of hydrogen-bond donors (Lipinski definition) is 1. The van der Waals surface area contributed by atoms with Gasteiger partial charge in [0.1, 0.15) is 0 Å². The van der Waals surface area contributed by atoms with E-state index in [1.807, 2.05) is 12.2 Å². The summed E-state index contributed by atoms with van der Waals surface area (Å²) in [5.74, 6) is 0. The summed E-state index contributed by atoms with van der Waals surface area (Å²) in [6, 6.07) is 0.0926. The van der Waals surface area contributed by atoms with Gasteiger partial charge in [0.25, 0.3) is 0 Å². The number of rotatable bonds is 0. The molecule has 10 heavy (non-hydrogen) atoms. The molecular weight excluding hydrogens is 122 g/mol. The van der Waals surface area contributed by atoms with Gasteiger partial charge >= 0.3 is 0 Å². The molecule has 0 aromatic carbocycles. The molecule has 2 N–H and O–H groups in total. The van der Waals surface area contributed by atoms with E-state index in [1.165, 1.54) is 11.1 Å². The quantitative estimate of drug-likeness (QED) is 0.538. The molecule has 0 fully saturated rings. The lowest BCUT2D eigenvalue weighted by Crippen LogP contribution is -2.13. The van der Waals surface area contributed by atoms with Gasteiger partial charge in [-0.15, -0.1) is 0 Å². The molecular formula is C9H13N. The molecule has 1 aliphatic rings. The Morgan fingerprint density at radius 3 is 1.90 bits per heavy atom. The normalized spacial score (nSPS) is 19.9. The first-order valence-electron chi connectivity index (χ1n) is 3.49. The second-order valence-electron chi connectivity index (χ2n) is 2.73. The highest BCUT2D eigenvalue weighted by molar-refractivity contribution is 5.33. The van der Waals surface area contributed by atoms with Crippen LogP contribution in [-0.4, -0.2) is 6.04 Å². The summed E-state index contributed by atoms with van der Waals surface area (Å²) >= 11 is 0. The maximum Gasteiger partial charge on any atom is 0.0421 e.